The third-order valence-electron chi connectivity index (χ3n) is 3.08. The van der Waals surface area contributed by atoms with Crippen LogP contribution in [0.5, 0.6) is 11.5 Å². The summed E-state index contributed by atoms with van der Waals surface area (Å²) in [6.07, 6.45) is 1.74. The van der Waals surface area contributed by atoms with Crippen molar-refractivity contribution in [3.05, 3.63) is 47.2 Å². The van der Waals surface area contributed by atoms with Gasteiger partial charge in [0.05, 0.1) is 0 Å². The lowest BCUT2D eigenvalue weighted by molar-refractivity contribution is 0.474. The van der Waals surface area contributed by atoms with Gasteiger partial charge in [-0.2, -0.15) is 0 Å². The first kappa shape index (κ1) is 12.4. The monoisotopic (exact) mass is 242 g/mol. The summed E-state index contributed by atoms with van der Waals surface area (Å²) in [7, 11) is 1.84. The molecule has 0 aliphatic rings. The Kier molecular flexibility index (Phi) is 3.51. The second-order valence-electron chi connectivity index (χ2n) is 4.38. The number of nitrogens with one attached hydrogen (secondary N) is 1. The maximum atomic E-state index is 5.98. The number of nitrogens with zero attached hydrogens (tertiary/aromatic N) is 1. The Morgan fingerprint density at radius 1 is 1.06 bits per heavy atom. The second-order valence-corrected chi connectivity index (χ2v) is 4.38. The van der Waals surface area contributed by atoms with Gasteiger partial charge in [0, 0.05) is 19.3 Å². The quantitative estimate of drug-likeness (QED) is 0.888. The van der Waals surface area contributed by atoms with Crippen molar-refractivity contribution < 1.29 is 4.74 Å². The molecule has 0 amide bonds. The molecule has 0 atom stereocenters. The Balaban J connectivity index is 2.36. The Morgan fingerprint density at radius 2 is 1.78 bits per heavy atom. The first-order valence-corrected chi connectivity index (χ1v) is 6.00. The normalized spacial score (nSPS) is 10.2. The average molecular weight is 242 g/mol. The van der Waals surface area contributed by atoms with E-state index in [0.717, 1.165) is 22.9 Å². The fourth-order valence-corrected chi connectivity index (χ4v) is 1.81. The first-order chi connectivity index (χ1) is 8.61. The van der Waals surface area contributed by atoms with Crippen LogP contribution in [0.3, 0.4) is 0 Å². The highest BCUT2D eigenvalue weighted by Gasteiger charge is 2.08. The number of hydrogen-bond donors (Lipinski definition) is 1. The summed E-state index contributed by atoms with van der Waals surface area (Å²) in [5.41, 5.74) is 3.55. The Morgan fingerprint density at radius 3 is 2.50 bits per heavy atom. The molecule has 3 heteroatoms. The van der Waals surface area contributed by atoms with E-state index in [9.17, 15) is 0 Å². The summed E-state index contributed by atoms with van der Waals surface area (Å²) in [5, 5.41) is 3.00. The molecule has 0 spiro atoms. The summed E-state index contributed by atoms with van der Waals surface area (Å²) < 4.78 is 5.98. The zero-order valence-corrected chi connectivity index (χ0v) is 11.2. The van der Waals surface area contributed by atoms with Crippen molar-refractivity contribution in [1.29, 1.82) is 0 Å². The molecule has 94 valence electrons. The second kappa shape index (κ2) is 5.08. The topological polar surface area (TPSA) is 34.1 Å². The summed E-state index contributed by atoms with van der Waals surface area (Å²) in [5.74, 6) is 2.53. The third-order valence-corrected chi connectivity index (χ3v) is 3.08. The van der Waals surface area contributed by atoms with E-state index in [0.29, 0.717) is 0 Å². The molecular weight excluding hydrogens is 224 g/mol. The van der Waals surface area contributed by atoms with E-state index in [-0.39, 0.29) is 0 Å². The molecule has 0 fully saturated rings. The van der Waals surface area contributed by atoms with Crippen LogP contribution in [-0.4, -0.2) is 12.0 Å². The van der Waals surface area contributed by atoms with Crippen molar-refractivity contribution in [1.82, 2.24) is 4.98 Å². The van der Waals surface area contributed by atoms with Gasteiger partial charge in [-0.15, -0.1) is 0 Å². The molecule has 0 aliphatic carbocycles. The van der Waals surface area contributed by atoms with E-state index in [2.05, 4.69) is 43.2 Å². The van der Waals surface area contributed by atoms with Crippen molar-refractivity contribution in [3.8, 4) is 11.5 Å². The largest absolute Gasteiger partial charge is 0.457 e. The standard InChI is InChI=1S/C15H18N2O/c1-10-5-6-11(2)15(12(10)3)18-13-7-8-17-14(9-13)16-4/h5-9H,1-4H3,(H,16,17). The number of aryl methyl sites for hydroxylation is 2. The zero-order chi connectivity index (χ0) is 13.1. The number of anilines is 1. The van der Waals surface area contributed by atoms with E-state index in [4.69, 9.17) is 4.74 Å². The highest BCUT2D eigenvalue weighted by Crippen LogP contribution is 2.31. The lowest BCUT2D eigenvalue weighted by atomic mass is 10.1. The van der Waals surface area contributed by atoms with Crippen LogP contribution in [0, 0.1) is 20.8 Å². The lowest BCUT2D eigenvalue weighted by Crippen LogP contribution is -1.95. The first-order valence-electron chi connectivity index (χ1n) is 6.00. The molecular formula is C15H18N2O. The molecule has 0 saturated heterocycles. The van der Waals surface area contributed by atoms with E-state index in [1.807, 2.05) is 19.2 Å². The predicted octanol–water partition coefficient (Wildman–Crippen LogP) is 3.84. The molecule has 1 aromatic heterocycles. The molecule has 2 rings (SSSR count). The van der Waals surface area contributed by atoms with Crippen molar-refractivity contribution in [3.63, 3.8) is 0 Å². The summed E-state index contributed by atoms with van der Waals surface area (Å²) in [6.45, 7) is 6.23. The number of pyridine rings is 1. The maximum absolute atomic E-state index is 5.98. The fraction of sp³-hybridized carbons (Fsp3) is 0.267. The molecule has 0 radical (unpaired) electrons. The summed E-state index contributed by atoms with van der Waals surface area (Å²) in [6, 6.07) is 7.95. The molecule has 3 nitrogen and oxygen atoms in total. The van der Waals surface area contributed by atoms with Gasteiger partial charge < -0.3 is 10.1 Å². The minimum Gasteiger partial charge on any atom is -0.457 e. The van der Waals surface area contributed by atoms with Gasteiger partial charge >= 0.3 is 0 Å². The number of aromatic nitrogens is 1. The molecule has 0 aliphatic heterocycles. The molecule has 0 bridgehead atoms. The summed E-state index contributed by atoms with van der Waals surface area (Å²) in [4.78, 5) is 4.17. The van der Waals surface area contributed by atoms with Crippen LogP contribution in [0.15, 0.2) is 30.5 Å². The molecule has 1 heterocycles. The Bertz CT molecular complexity index is 564. The van der Waals surface area contributed by atoms with Crippen molar-refractivity contribution in [2.45, 2.75) is 20.8 Å². The van der Waals surface area contributed by atoms with Crippen LogP contribution in [0.1, 0.15) is 16.7 Å². The van der Waals surface area contributed by atoms with Crippen molar-refractivity contribution >= 4 is 5.82 Å². The minimum atomic E-state index is 0.797. The van der Waals surface area contributed by atoms with E-state index < -0.39 is 0 Å². The predicted molar refractivity (Wildman–Crippen MR) is 74.5 cm³/mol. The van der Waals surface area contributed by atoms with Crippen molar-refractivity contribution in [2.24, 2.45) is 0 Å². The molecule has 2 aromatic rings. The van der Waals surface area contributed by atoms with Crippen LogP contribution >= 0.6 is 0 Å². The zero-order valence-electron chi connectivity index (χ0n) is 11.2. The lowest BCUT2D eigenvalue weighted by Gasteiger charge is -2.14. The molecule has 1 aromatic carbocycles. The Labute approximate surface area is 108 Å². The van der Waals surface area contributed by atoms with Gasteiger partial charge in [0.25, 0.3) is 0 Å². The van der Waals surface area contributed by atoms with Gasteiger partial charge in [0.1, 0.15) is 17.3 Å². The number of hydrogen-bond acceptors (Lipinski definition) is 3. The minimum absolute atomic E-state index is 0.797. The fourth-order valence-electron chi connectivity index (χ4n) is 1.81. The summed E-state index contributed by atoms with van der Waals surface area (Å²) >= 11 is 0. The van der Waals surface area contributed by atoms with Gasteiger partial charge in [-0.1, -0.05) is 12.1 Å². The number of benzene rings is 1. The van der Waals surface area contributed by atoms with Gasteiger partial charge in [-0.25, -0.2) is 4.98 Å². The van der Waals surface area contributed by atoms with Crippen LogP contribution in [-0.2, 0) is 0 Å². The van der Waals surface area contributed by atoms with Gasteiger partial charge in [-0.3, -0.25) is 0 Å². The molecule has 0 saturated carbocycles. The van der Waals surface area contributed by atoms with Crippen LogP contribution in [0.2, 0.25) is 0 Å². The van der Waals surface area contributed by atoms with E-state index >= 15 is 0 Å². The van der Waals surface area contributed by atoms with E-state index in [1.54, 1.807) is 6.20 Å². The molecule has 1 N–H and O–H groups in total. The van der Waals surface area contributed by atoms with Crippen LogP contribution < -0.4 is 10.1 Å². The maximum Gasteiger partial charge on any atom is 0.133 e. The van der Waals surface area contributed by atoms with Crippen LogP contribution in [0.4, 0.5) is 5.82 Å². The molecule has 0 unspecified atom stereocenters. The average Bonchev–Trinajstić information content (AvgIpc) is 2.39. The number of rotatable bonds is 3. The highest BCUT2D eigenvalue weighted by molar-refractivity contribution is 5.48. The number of ether oxygens (including phenoxy) is 1. The van der Waals surface area contributed by atoms with Crippen LogP contribution in [0.25, 0.3) is 0 Å². The Hall–Kier alpha value is -2.03. The SMILES string of the molecule is CNc1cc(Oc2c(C)ccc(C)c2C)ccn1. The smallest absolute Gasteiger partial charge is 0.133 e. The third kappa shape index (κ3) is 2.45. The van der Waals surface area contributed by atoms with Crippen molar-refractivity contribution in [2.75, 3.05) is 12.4 Å². The molecule has 18 heavy (non-hydrogen) atoms. The van der Waals surface area contributed by atoms with E-state index in [1.165, 1.54) is 11.1 Å². The highest BCUT2D eigenvalue weighted by atomic mass is 16.5. The van der Waals surface area contributed by atoms with Gasteiger partial charge in [0.2, 0.25) is 0 Å². The van der Waals surface area contributed by atoms with Gasteiger partial charge in [-0.05, 0) is 43.5 Å². The van der Waals surface area contributed by atoms with Gasteiger partial charge in [0.15, 0.2) is 0 Å².